The first-order valence-electron chi connectivity index (χ1n) is 9.22. The summed E-state index contributed by atoms with van der Waals surface area (Å²) >= 11 is 0. The van der Waals surface area contributed by atoms with E-state index in [0.29, 0.717) is 12.2 Å². The fourth-order valence-electron chi connectivity index (χ4n) is 3.13. The van der Waals surface area contributed by atoms with Crippen molar-refractivity contribution in [2.45, 2.75) is 50.5 Å². The third-order valence-corrected chi connectivity index (χ3v) is 6.54. The molecular formula is C19H29N3O4S. The molecule has 1 saturated heterocycles. The number of benzene rings is 1. The van der Waals surface area contributed by atoms with E-state index in [2.05, 4.69) is 29.4 Å². The molecule has 1 aliphatic rings. The van der Waals surface area contributed by atoms with E-state index in [9.17, 15) is 18.0 Å². The van der Waals surface area contributed by atoms with E-state index in [1.54, 1.807) is 0 Å². The number of nitrogens with zero attached hydrogens (tertiary/aromatic N) is 1. The maximum atomic E-state index is 12.4. The normalized spacial score (nSPS) is 15.5. The highest BCUT2D eigenvalue weighted by molar-refractivity contribution is 7.91. The first-order chi connectivity index (χ1) is 12.6. The Labute approximate surface area is 161 Å². The Kier molecular flexibility index (Phi) is 7.00. The summed E-state index contributed by atoms with van der Waals surface area (Å²) in [7, 11) is -3.55. The number of likely N-dealkylation sites (tertiary alicyclic amines) is 1. The van der Waals surface area contributed by atoms with Gasteiger partial charge in [-0.25, -0.2) is 8.42 Å². The minimum atomic E-state index is -3.55. The summed E-state index contributed by atoms with van der Waals surface area (Å²) < 4.78 is 24.8. The van der Waals surface area contributed by atoms with E-state index in [4.69, 9.17) is 0 Å². The second-order valence-electron chi connectivity index (χ2n) is 7.56. The minimum Gasteiger partial charge on any atom is -0.354 e. The second kappa shape index (κ2) is 8.84. The largest absolute Gasteiger partial charge is 0.354 e. The molecule has 0 radical (unpaired) electrons. The van der Waals surface area contributed by atoms with E-state index in [1.807, 2.05) is 0 Å². The smallest absolute Gasteiger partial charge is 0.221 e. The third kappa shape index (κ3) is 6.32. The molecular weight excluding hydrogens is 366 g/mol. The van der Waals surface area contributed by atoms with Crippen LogP contribution in [-0.4, -0.2) is 56.1 Å². The lowest BCUT2D eigenvalue weighted by Gasteiger charge is -2.35. The van der Waals surface area contributed by atoms with Crippen molar-refractivity contribution < 1.29 is 18.0 Å². The number of hydrogen-bond acceptors (Lipinski definition) is 5. The van der Waals surface area contributed by atoms with Crippen molar-refractivity contribution in [1.82, 2.24) is 10.2 Å². The number of anilines is 1. The number of sulfone groups is 1. The number of hydrogen-bond donors (Lipinski definition) is 2. The van der Waals surface area contributed by atoms with Gasteiger partial charge in [0.25, 0.3) is 0 Å². The van der Waals surface area contributed by atoms with Crippen LogP contribution in [0.5, 0.6) is 0 Å². The lowest BCUT2D eigenvalue weighted by molar-refractivity contribution is -0.121. The molecule has 150 valence electrons. The highest BCUT2D eigenvalue weighted by atomic mass is 32.2. The molecule has 1 aliphatic heterocycles. The maximum absolute atomic E-state index is 12.4. The van der Waals surface area contributed by atoms with Crippen LogP contribution in [0.15, 0.2) is 29.2 Å². The van der Waals surface area contributed by atoms with Crippen molar-refractivity contribution in [1.29, 1.82) is 0 Å². The third-order valence-electron chi connectivity index (χ3n) is 4.81. The Bertz CT molecular complexity index is 767. The highest BCUT2D eigenvalue weighted by Gasteiger charge is 2.29. The lowest BCUT2D eigenvalue weighted by Crippen LogP contribution is -2.50. The minimum absolute atomic E-state index is 0.0775. The molecule has 27 heavy (non-hydrogen) atoms. The van der Waals surface area contributed by atoms with Crippen LogP contribution in [0.4, 0.5) is 5.69 Å². The zero-order valence-corrected chi connectivity index (χ0v) is 17.1. The number of carbonyl (C=O) groups excluding carboxylic acids is 2. The monoisotopic (exact) mass is 395 g/mol. The highest BCUT2D eigenvalue weighted by Crippen LogP contribution is 2.20. The van der Waals surface area contributed by atoms with Gasteiger partial charge in [0.15, 0.2) is 9.84 Å². The Balaban J connectivity index is 1.85. The average molecular weight is 396 g/mol. The van der Waals surface area contributed by atoms with Gasteiger partial charge in [0.1, 0.15) is 0 Å². The second-order valence-corrected chi connectivity index (χ2v) is 9.67. The van der Waals surface area contributed by atoms with E-state index >= 15 is 0 Å². The van der Waals surface area contributed by atoms with Crippen LogP contribution in [0.25, 0.3) is 0 Å². The molecule has 0 spiro atoms. The molecule has 1 aromatic carbocycles. The molecule has 1 aromatic rings. The van der Waals surface area contributed by atoms with Gasteiger partial charge >= 0.3 is 0 Å². The first kappa shape index (κ1) is 21.4. The number of nitrogens with one attached hydrogen (secondary N) is 2. The van der Waals surface area contributed by atoms with Crippen LogP contribution in [0.1, 0.15) is 40.0 Å². The zero-order valence-electron chi connectivity index (χ0n) is 16.2. The van der Waals surface area contributed by atoms with Crippen LogP contribution in [0.2, 0.25) is 0 Å². The van der Waals surface area contributed by atoms with Gasteiger partial charge in [0.2, 0.25) is 11.8 Å². The van der Waals surface area contributed by atoms with Gasteiger partial charge in [0, 0.05) is 31.1 Å². The summed E-state index contributed by atoms with van der Waals surface area (Å²) in [5.74, 6) is -0.734. The van der Waals surface area contributed by atoms with E-state index in [-0.39, 0.29) is 34.4 Å². The molecule has 0 saturated carbocycles. The van der Waals surface area contributed by atoms with Gasteiger partial charge in [0.05, 0.1) is 10.6 Å². The quantitative estimate of drug-likeness (QED) is 0.700. The van der Waals surface area contributed by atoms with Gasteiger partial charge in [-0.3, -0.25) is 14.5 Å². The Morgan fingerprint density at radius 3 is 2.26 bits per heavy atom. The van der Waals surface area contributed by atoms with E-state index < -0.39 is 9.84 Å². The van der Waals surface area contributed by atoms with Crippen molar-refractivity contribution in [3.05, 3.63) is 24.3 Å². The van der Waals surface area contributed by atoms with E-state index in [0.717, 1.165) is 13.1 Å². The molecule has 7 nitrogen and oxygen atoms in total. The van der Waals surface area contributed by atoms with Crippen molar-refractivity contribution in [2.75, 3.05) is 30.7 Å². The van der Waals surface area contributed by atoms with Crippen LogP contribution in [0, 0.1) is 0 Å². The molecule has 0 aromatic heterocycles. The topological polar surface area (TPSA) is 95.6 Å². The molecule has 1 fully saturated rings. The van der Waals surface area contributed by atoms with Crippen LogP contribution >= 0.6 is 0 Å². The number of amides is 2. The fraction of sp³-hybridized carbons (Fsp3) is 0.579. The average Bonchev–Trinajstić information content (AvgIpc) is 3.14. The fourth-order valence-corrected chi connectivity index (χ4v) is 4.37. The molecule has 0 unspecified atom stereocenters. The molecule has 8 heteroatoms. The maximum Gasteiger partial charge on any atom is 0.221 e. The van der Waals surface area contributed by atoms with Crippen LogP contribution < -0.4 is 10.6 Å². The summed E-state index contributed by atoms with van der Waals surface area (Å²) in [6.45, 7) is 8.13. The predicted octanol–water partition coefficient (Wildman–Crippen LogP) is 1.80. The number of rotatable bonds is 8. The molecule has 0 atom stereocenters. The molecule has 1 heterocycles. The summed E-state index contributed by atoms with van der Waals surface area (Å²) in [6.07, 6.45) is 2.28. The zero-order chi connectivity index (χ0) is 20.1. The van der Waals surface area contributed by atoms with Gasteiger partial charge < -0.3 is 10.6 Å². The Morgan fingerprint density at radius 1 is 1.11 bits per heavy atom. The van der Waals surface area contributed by atoms with Gasteiger partial charge in [-0.2, -0.15) is 0 Å². The number of carbonyl (C=O) groups is 2. The van der Waals surface area contributed by atoms with Gasteiger partial charge in [-0.15, -0.1) is 0 Å². The van der Waals surface area contributed by atoms with Crippen molar-refractivity contribution in [3.8, 4) is 0 Å². The summed E-state index contributed by atoms with van der Waals surface area (Å²) in [5, 5.41) is 5.45. The van der Waals surface area contributed by atoms with Crippen molar-refractivity contribution >= 4 is 27.3 Å². The Morgan fingerprint density at radius 2 is 1.70 bits per heavy atom. The first-order valence-corrected chi connectivity index (χ1v) is 10.9. The predicted molar refractivity (Wildman–Crippen MR) is 105 cm³/mol. The van der Waals surface area contributed by atoms with Gasteiger partial charge in [-0.05, 0) is 64.0 Å². The molecule has 2 amide bonds. The van der Waals surface area contributed by atoms with Crippen LogP contribution in [0.3, 0.4) is 0 Å². The summed E-state index contributed by atoms with van der Waals surface area (Å²) in [6, 6.07) is 5.95. The molecule has 2 rings (SSSR count). The Hall–Kier alpha value is -1.93. The lowest BCUT2D eigenvalue weighted by atomic mass is 10.0. The SMILES string of the molecule is CC(=O)Nc1ccc(S(=O)(=O)CCC(=O)NCC(C)(C)N2CCCC2)cc1. The van der Waals surface area contributed by atoms with Crippen molar-refractivity contribution in [2.24, 2.45) is 0 Å². The summed E-state index contributed by atoms with van der Waals surface area (Å²) in [5.41, 5.74) is 0.397. The molecule has 0 bridgehead atoms. The van der Waals surface area contributed by atoms with Crippen molar-refractivity contribution in [3.63, 3.8) is 0 Å². The molecule has 0 aliphatic carbocycles. The van der Waals surface area contributed by atoms with Crippen LogP contribution in [-0.2, 0) is 19.4 Å². The summed E-state index contributed by atoms with van der Waals surface area (Å²) in [4.78, 5) is 25.6. The standard InChI is InChI=1S/C19H29N3O4S/c1-15(23)21-16-6-8-17(9-7-16)27(25,26)13-10-18(24)20-14-19(2,3)22-11-4-5-12-22/h6-9H,4-5,10-14H2,1-3H3,(H,20,24)(H,21,23). The van der Waals surface area contributed by atoms with Gasteiger partial charge in [-0.1, -0.05) is 0 Å². The van der Waals surface area contributed by atoms with E-state index in [1.165, 1.54) is 44.0 Å². The molecule has 2 N–H and O–H groups in total.